The molecule has 35 heavy (non-hydrogen) atoms. The van der Waals surface area contributed by atoms with Crippen molar-refractivity contribution < 1.29 is 17.6 Å². The molecule has 0 bridgehead atoms. The molecule has 0 saturated carbocycles. The van der Waals surface area contributed by atoms with E-state index >= 15 is 0 Å². The molecule has 0 saturated heterocycles. The first-order valence-corrected chi connectivity index (χ1v) is 12.9. The van der Waals surface area contributed by atoms with Crippen LogP contribution >= 0.6 is 0 Å². The fourth-order valence-electron chi connectivity index (χ4n) is 4.53. The zero-order valence-electron chi connectivity index (χ0n) is 18.9. The molecule has 0 radical (unpaired) electrons. The van der Waals surface area contributed by atoms with Gasteiger partial charge in [0.1, 0.15) is 16.5 Å². The molecule has 9 heteroatoms. The van der Waals surface area contributed by atoms with Crippen molar-refractivity contribution in [1.29, 1.82) is 0 Å². The highest BCUT2D eigenvalue weighted by molar-refractivity contribution is 7.90. The molecule has 5 rings (SSSR count). The zero-order chi connectivity index (χ0) is 24.4. The van der Waals surface area contributed by atoms with Crippen LogP contribution in [0.15, 0.2) is 82.1 Å². The van der Waals surface area contributed by atoms with Gasteiger partial charge >= 0.3 is 0 Å². The average molecular weight is 493 g/mol. The molecule has 180 valence electrons. The highest BCUT2D eigenvalue weighted by atomic mass is 32.2. The van der Waals surface area contributed by atoms with Crippen molar-refractivity contribution in [1.82, 2.24) is 10.2 Å². The van der Waals surface area contributed by atoms with Gasteiger partial charge in [0.2, 0.25) is 5.91 Å². The largest absolute Gasteiger partial charge is 0.354 e. The second kappa shape index (κ2) is 9.59. The van der Waals surface area contributed by atoms with Crippen LogP contribution in [0.2, 0.25) is 0 Å². The van der Waals surface area contributed by atoms with Crippen molar-refractivity contribution >= 4 is 27.5 Å². The van der Waals surface area contributed by atoms with E-state index in [0.717, 1.165) is 16.7 Å². The van der Waals surface area contributed by atoms with Gasteiger partial charge in [-0.15, -0.1) is 4.40 Å². The molecule has 0 spiro atoms. The number of hydrogen-bond donors (Lipinski definition) is 2. The molecule has 2 aliphatic heterocycles. The molecule has 1 amide bonds. The summed E-state index contributed by atoms with van der Waals surface area (Å²) < 4.78 is 42.5. The Balaban J connectivity index is 1.33. The third kappa shape index (κ3) is 5.11. The number of rotatable bonds is 6. The number of sulfonamides is 1. The lowest BCUT2D eigenvalue weighted by Gasteiger charge is -2.36. The lowest BCUT2D eigenvalue weighted by atomic mass is 9.93. The number of anilines is 1. The van der Waals surface area contributed by atoms with Crippen LogP contribution in [0.4, 0.5) is 10.1 Å². The summed E-state index contributed by atoms with van der Waals surface area (Å²) in [7, 11) is -3.82. The third-order valence-electron chi connectivity index (χ3n) is 6.30. The molecule has 3 aromatic rings. The summed E-state index contributed by atoms with van der Waals surface area (Å²) in [4.78, 5) is 15.3. The Hall–Kier alpha value is -3.56. The summed E-state index contributed by atoms with van der Waals surface area (Å²) in [6.07, 6.45) is 1.09. The molecule has 1 atom stereocenters. The Morgan fingerprint density at radius 1 is 1.03 bits per heavy atom. The van der Waals surface area contributed by atoms with Crippen LogP contribution in [0, 0.1) is 5.82 Å². The van der Waals surface area contributed by atoms with Crippen molar-refractivity contribution in [2.24, 2.45) is 4.40 Å². The van der Waals surface area contributed by atoms with Crippen molar-refractivity contribution in [2.75, 3.05) is 18.4 Å². The summed E-state index contributed by atoms with van der Waals surface area (Å²) in [6, 6.07) is 20.3. The lowest BCUT2D eigenvalue weighted by Crippen LogP contribution is -2.52. The van der Waals surface area contributed by atoms with E-state index in [1.165, 1.54) is 18.2 Å². The van der Waals surface area contributed by atoms with Crippen LogP contribution in [-0.4, -0.2) is 44.2 Å². The maximum atomic E-state index is 13.2. The number of fused-ring (bicyclic) bond motifs is 2. The van der Waals surface area contributed by atoms with Gasteiger partial charge in [0.05, 0.1) is 18.3 Å². The summed E-state index contributed by atoms with van der Waals surface area (Å²) >= 11 is 0. The first-order chi connectivity index (χ1) is 16.9. The van der Waals surface area contributed by atoms with E-state index in [0.29, 0.717) is 31.6 Å². The fourth-order valence-corrected chi connectivity index (χ4v) is 5.67. The Labute approximate surface area is 203 Å². The second-order valence-electron chi connectivity index (χ2n) is 8.70. The SMILES string of the molecule is O=C(NCCc1ccc(F)cc1)C1Cc2ccccc2CN1CC1=NS(=O)(=O)c2ccccc2N1. The minimum absolute atomic E-state index is 0.138. The quantitative estimate of drug-likeness (QED) is 0.552. The normalized spacial score (nSPS) is 18.5. The Morgan fingerprint density at radius 3 is 2.54 bits per heavy atom. The first kappa shape index (κ1) is 23.2. The molecule has 1 unspecified atom stereocenters. The molecule has 2 heterocycles. The molecule has 2 N–H and O–H groups in total. The standard InChI is InChI=1S/C26H25FN4O3S/c27-21-11-9-18(10-12-21)13-14-28-26(32)23-15-19-5-1-2-6-20(19)16-31(23)17-25-29-22-7-3-4-8-24(22)35(33,34)30-25/h1-12,23H,13-17H2,(H,28,32)(H,29,30). The number of nitrogens with one attached hydrogen (secondary N) is 2. The molecule has 2 aliphatic rings. The molecule has 0 aliphatic carbocycles. The molecular weight excluding hydrogens is 467 g/mol. The van der Waals surface area contributed by atoms with E-state index in [2.05, 4.69) is 15.0 Å². The Bertz CT molecular complexity index is 1390. The fraction of sp³-hybridized carbons (Fsp3) is 0.231. The molecule has 0 aromatic heterocycles. The monoisotopic (exact) mass is 492 g/mol. The average Bonchev–Trinajstić information content (AvgIpc) is 2.84. The van der Waals surface area contributed by atoms with Gasteiger partial charge in [0.15, 0.2) is 0 Å². The van der Waals surface area contributed by atoms with Crippen molar-refractivity contribution in [3.8, 4) is 0 Å². The van der Waals surface area contributed by atoms with E-state index in [1.54, 1.807) is 30.3 Å². The summed E-state index contributed by atoms with van der Waals surface area (Å²) in [5, 5.41) is 6.11. The van der Waals surface area contributed by atoms with Crippen molar-refractivity contribution in [3.05, 3.63) is 95.3 Å². The van der Waals surface area contributed by atoms with Gasteiger partial charge in [-0.25, -0.2) is 4.39 Å². The van der Waals surface area contributed by atoms with Gasteiger partial charge in [0.25, 0.3) is 10.0 Å². The van der Waals surface area contributed by atoms with E-state index in [-0.39, 0.29) is 29.0 Å². The summed E-state index contributed by atoms with van der Waals surface area (Å²) in [5.41, 5.74) is 3.61. The predicted molar refractivity (Wildman–Crippen MR) is 132 cm³/mol. The number of halogens is 1. The predicted octanol–water partition coefficient (Wildman–Crippen LogP) is 3.12. The van der Waals surface area contributed by atoms with Crippen LogP contribution in [0.5, 0.6) is 0 Å². The Kier molecular flexibility index (Phi) is 6.36. The highest BCUT2D eigenvalue weighted by Gasteiger charge is 2.33. The van der Waals surface area contributed by atoms with Gasteiger partial charge in [-0.05, 0) is 53.8 Å². The van der Waals surface area contributed by atoms with Gasteiger partial charge in [0, 0.05) is 13.1 Å². The van der Waals surface area contributed by atoms with Crippen LogP contribution in [0.3, 0.4) is 0 Å². The first-order valence-electron chi connectivity index (χ1n) is 11.4. The van der Waals surface area contributed by atoms with Crippen LogP contribution in [0.25, 0.3) is 0 Å². The molecular formula is C26H25FN4O3S. The number of para-hydroxylation sites is 1. The Morgan fingerprint density at radius 2 is 1.74 bits per heavy atom. The zero-order valence-corrected chi connectivity index (χ0v) is 19.8. The van der Waals surface area contributed by atoms with Crippen molar-refractivity contribution in [3.63, 3.8) is 0 Å². The van der Waals surface area contributed by atoms with E-state index in [1.807, 2.05) is 29.2 Å². The number of carbonyl (C=O) groups excluding carboxylic acids is 1. The topological polar surface area (TPSA) is 90.9 Å². The number of amides is 1. The number of carbonyl (C=O) groups is 1. The van der Waals surface area contributed by atoms with Crippen LogP contribution < -0.4 is 10.6 Å². The minimum Gasteiger partial charge on any atom is -0.354 e. The van der Waals surface area contributed by atoms with Gasteiger partial charge in [-0.1, -0.05) is 48.5 Å². The molecule has 0 fully saturated rings. The molecule has 7 nitrogen and oxygen atoms in total. The van der Waals surface area contributed by atoms with Gasteiger partial charge < -0.3 is 10.6 Å². The number of benzene rings is 3. The molecule has 3 aromatic carbocycles. The highest BCUT2D eigenvalue weighted by Crippen LogP contribution is 2.28. The van der Waals surface area contributed by atoms with Gasteiger partial charge in [-0.2, -0.15) is 8.42 Å². The van der Waals surface area contributed by atoms with Gasteiger partial charge in [-0.3, -0.25) is 9.69 Å². The maximum Gasteiger partial charge on any atom is 0.286 e. The number of hydrogen-bond acceptors (Lipinski definition) is 5. The summed E-state index contributed by atoms with van der Waals surface area (Å²) in [5.74, 6) is -0.147. The van der Waals surface area contributed by atoms with Crippen LogP contribution in [-0.2, 0) is 34.2 Å². The number of nitrogens with zero attached hydrogens (tertiary/aromatic N) is 2. The van der Waals surface area contributed by atoms with E-state index < -0.39 is 16.1 Å². The van der Waals surface area contributed by atoms with Crippen LogP contribution in [0.1, 0.15) is 16.7 Å². The minimum atomic E-state index is -3.82. The smallest absolute Gasteiger partial charge is 0.286 e. The third-order valence-corrected chi connectivity index (χ3v) is 7.67. The number of amidine groups is 1. The van der Waals surface area contributed by atoms with E-state index in [4.69, 9.17) is 0 Å². The second-order valence-corrected chi connectivity index (χ2v) is 10.3. The lowest BCUT2D eigenvalue weighted by molar-refractivity contribution is -0.126. The maximum absolute atomic E-state index is 13.2. The van der Waals surface area contributed by atoms with Crippen molar-refractivity contribution in [2.45, 2.75) is 30.3 Å². The van der Waals surface area contributed by atoms with E-state index in [9.17, 15) is 17.6 Å². The summed E-state index contributed by atoms with van der Waals surface area (Å²) in [6.45, 7) is 1.09.